The first-order valence-electron chi connectivity index (χ1n) is 7.03. The molecule has 3 aromatic rings. The highest BCUT2D eigenvalue weighted by atomic mass is 35.5. The van der Waals surface area contributed by atoms with Crippen LogP contribution in [0.4, 0.5) is 23.2 Å². The van der Waals surface area contributed by atoms with E-state index in [1.807, 2.05) is 0 Å². The van der Waals surface area contributed by atoms with E-state index in [9.17, 15) is 22.4 Å². The molecule has 0 radical (unpaired) electrons. The van der Waals surface area contributed by atoms with Crippen LogP contribution in [0.5, 0.6) is 0 Å². The lowest BCUT2D eigenvalue weighted by Crippen LogP contribution is -2.28. The van der Waals surface area contributed by atoms with Gasteiger partial charge in [0.1, 0.15) is 11.6 Å². The summed E-state index contributed by atoms with van der Waals surface area (Å²) < 4.78 is 54.0. The van der Waals surface area contributed by atoms with Crippen molar-refractivity contribution in [3.8, 4) is 0 Å². The molecule has 0 spiro atoms. The van der Waals surface area contributed by atoms with E-state index in [-0.39, 0.29) is 27.2 Å². The lowest BCUT2D eigenvalue weighted by molar-refractivity contribution is 0.140. The highest BCUT2D eigenvalue weighted by Crippen LogP contribution is 2.28. The van der Waals surface area contributed by atoms with Crippen LogP contribution in [0, 0.1) is 11.6 Å². The summed E-state index contributed by atoms with van der Waals surface area (Å²) in [5.41, 5.74) is -0.762. The quantitative estimate of drug-likeness (QED) is 0.555. The van der Waals surface area contributed by atoms with Crippen molar-refractivity contribution in [1.29, 1.82) is 0 Å². The molecule has 4 nitrogen and oxygen atoms in total. The summed E-state index contributed by atoms with van der Waals surface area (Å²) in [6.45, 7) is -3.56. The Kier molecular flexibility index (Phi) is 4.63. The first-order chi connectivity index (χ1) is 11.9. The average molecular weight is 372 g/mol. The number of halogens is 5. The molecule has 0 atom stereocenters. The number of nitrogens with zero attached hydrogens (tertiary/aromatic N) is 2. The molecule has 3 rings (SSSR count). The summed E-state index contributed by atoms with van der Waals surface area (Å²) in [7, 11) is 0. The van der Waals surface area contributed by atoms with Crippen LogP contribution in [0.15, 0.2) is 41.2 Å². The van der Waals surface area contributed by atoms with Crippen LogP contribution in [-0.2, 0) is 6.54 Å². The number of H-pyrrole nitrogens is 1. The van der Waals surface area contributed by atoms with E-state index < -0.39 is 30.3 Å². The summed E-state index contributed by atoms with van der Waals surface area (Å²) in [6.07, 6.45) is 0. The zero-order valence-corrected chi connectivity index (χ0v) is 13.2. The minimum Gasteiger partial charge on any atom is -0.311 e. The molecule has 1 heterocycles. The third-order valence-corrected chi connectivity index (χ3v) is 3.93. The molecule has 0 aliphatic heterocycles. The van der Waals surface area contributed by atoms with Gasteiger partial charge in [-0.05, 0) is 36.4 Å². The fourth-order valence-electron chi connectivity index (χ4n) is 2.42. The number of anilines is 1. The minimum atomic E-state index is -2.99. The molecule has 2 aromatic carbocycles. The van der Waals surface area contributed by atoms with Gasteiger partial charge in [0.15, 0.2) is 5.15 Å². The molecule has 130 valence electrons. The van der Waals surface area contributed by atoms with Gasteiger partial charge in [-0.3, -0.25) is 4.79 Å². The number of fused-ring (bicyclic) bond motifs is 1. The van der Waals surface area contributed by atoms with Crippen LogP contribution in [0.25, 0.3) is 10.8 Å². The van der Waals surface area contributed by atoms with Crippen LogP contribution < -0.4 is 10.5 Å². The van der Waals surface area contributed by atoms with E-state index in [4.69, 9.17) is 11.6 Å². The van der Waals surface area contributed by atoms with Crippen LogP contribution in [0.1, 0.15) is 5.56 Å². The van der Waals surface area contributed by atoms with E-state index in [1.54, 1.807) is 0 Å². The zero-order valence-electron chi connectivity index (χ0n) is 12.4. The first kappa shape index (κ1) is 17.2. The number of hydrogen-bond donors (Lipinski definition) is 1. The molecule has 0 bridgehead atoms. The molecule has 0 saturated heterocycles. The summed E-state index contributed by atoms with van der Waals surface area (Å²) in [5, 5.41) is 6.03. The van der Waals surface area contributed by atoms with Gasteiger partial charge >= 0.3 is 6.55 Å². The Bertz CT molecular complexity index is 993. The number of aromatic amines is 1. The second-order valence-electron chi connectivity index (χ2n) is 5.21. The van der Waals surface area contributed by atoms with Gasteiger partial charge < -0.3 is 4.90 Å². The molecule has 9 heteroatoms. The number of alkyl halides is 2. The molecule has 1 N–H and O–H groups in total. The average Bonchev–Trinajstić information content (AvgIpc) is 2.58. The molecular formula is C16H10ClF4N3O. The largest absolute Gasteiger partial charge is 0.315 e. The van der Waals surface area contributed by atoms with Gasteiger partial charge in [-0.15, -0.1) is 0 Å². The number of nitrogens with one attached hydrogen (secondary N) is 1. The second-order valence-corrected chi connectivity index (χ2v) is 5.57. The number of hydrogen-bond acceptors (Lipinski definition) is 3. The number of benzene rings is 2. The van der Waals surface area contributed by atoms with Gasteiger partial charge in [0.05, 0.1) is 11.9 Å². The van der Waals surface area contributed by atoms with E-state index in [0.29, 0.717) is 4.90 Å². The van der Waals surface area contributed by atoms with Crippen molar-refractivity contribution < 1.29 is 17.6 Å². The lowest BCUT2D eigenvalue weighted by atomic mass is 10.1. The summed E-state index contributed by atoms with van der Waals surface area (Å²) in [4.78, 5) is 12.3. The maximum Gasteiger partial charge on any atom is 0.315 e. The highest BCUT2D eigenvalue weighted by molar-refractivity contribution is 6.34. The SMILES string of the molecule is O=c1[nH]nc(Cl)c2cc(N(Cc3cc(F)ccc3F)C(F)F)ccc12. The Morgan fingerprint density at radius 2 is 1.88 bits per heavy atom. The van der Waals surface area contributed by atoms with E-state index in [0.717, 1.165) is 18.2 Å². The third kappa shape index (κ3) is 3.43. The Morgan fingerprint density at radius 1 is 1.12 bits per heavy atom. The molecule has 0 unspecified atom stereocenters. The maximum atomic E-state index is 13.8. The number of rotatable bonds is 4. The minimum absolute atomic E-state index is 0.0135. The van der Waals surface area contributed by atoms with Crippen molar-refractivity contribution in [2.75, 3.05) is 4.90 Å². The highest BCUT2D eigenvalue weighted by Gasteiger charge is 2.20. The van der Waals surface area contributed by atoms with Crippen molar-refractivity contribution in [3.63, 3.8) is 0 Å². The van der Waals surface area contributed by atoms with Crippen molar-refractivity contribution >= 4 is 28.1 Å². The molecule has 1 aromatic heterocycles. The van der Waals surface area contributed by atoms with Gasteiger partial charge in [0.25, 0.3) is 5.56 Å². The summed E-state index contributed by atoms with van der Waals surface area (Å²) in [6, 6.07) is 6.47. The van der Waals surface area contributed by atoms with Crippen LogP contribution in [0.3, 0.4) is 0 Å². The lowest BCUT2D eigenvalue weighted by Gasteiger charge is -2.24. The fraction of sp³-hybridized carbons (Fsp3) is 0.125. The maximum absolute atomic E-state index is 13.8. The Hall–Kier alpha value is -2.61. The van der Waals surface area contributed by atoms with Crippen molar-refractivity contribution in [2.45, 2.75) is 13.1 Å². The van der Waals surface area contributed by atoms with Crippen molar-refractivity contribution in [2.24, 2.45) is 0 Å². The van der Waals surface area contributed by atoms with Gasteiger partial charge in [0.2, 0.25) is 0 Å². The Morgan fingerprint density at radius 3 is 2.60 bits per heavy atom. The molecule has 0 aliphatic rings. The fourth-order valence-corrected chi connectivity index (χ4v) is 2.62. The van der Waals surface area contributed by atoms with E-state index >= 15 is 0 Å². The van der Waals surface area contributed by atoms with Crippen LogP contribution >= 0.6 is 11.6 Å². The number of aromatic nitrogens is 2. The molecule has 0 saturated carbocycles. The van der Waals surface area contributed by atoms with Crippen LogP contribution in [-0.4, -0.2) is 16.7 Å². The normalized spacial score (nSPS) is 11.3. The molecular weight excluding hydrogens is 362 g/mol. The Balaban J connectivity index is 2.06. The second kappa shape index (κ2) is 6.72. The topological polar surface area (TPSA) is 49.0 Å². The molecule has 0 fully saturated rings. The van der Waals surface area contributed by atoms with Gasteiger partial charge in [-0.2, -0.15) is 13.9 Å². The smallest absolute Gasteiger partial charge is 0.311 e. The van der Waals surface area contributed by atoms with Crippen molar-refractivity contribution in [1.82, 2.24) is 10.2 Å². The third-order valence-electron chi connectivity index (χ3n) is 3.64. The van der Waals surface area contributed by atoms with Gasteiger partial charge in [-0.1, -0.05) is 11.6 Å². The predicted molar refractivity (Wildman–Crippen MR) is 85.9 cm³/mol. The van der Waals surface area contributed by atoms with Gasteiger partial charge in [0, 0.05) is 16.6 Å². The predicted octanol–water partition coefficient (Wildman–Crippen LogP) is 4.08. The summed E-state index contributed by atoms with van der Waals surface area (Å²) >= 11 is 5.89. The first-order valence-corrected chi connectivity index (χ1v) is 7.41. The zero-order chi connectivity index (χ0) is 18.1. The van der Waals surface area contributed by atoms with E-state index in [1.165, 1.54) is 18.2 Å². The summed E-state index contributed by atoms with van der Waals surface area (Å²) in [5.74, 6) is -1.54. The van der Waals surface area contributed by atoms with Gasteiger partial charge in [-0.25, -0.2) is 13.9 Å². The van der Waals surface area contributed by atoms with E-state index in [2.05, 4.69) is 10.2 Å². The Labute approximate surface area is 143 Å². The van der Waals surface area contributed by atoms with Crippen LogP contribution in [0.2, 0.25) is 5.15 Å². The molecule has 0 aliphatic carbocycles. The standard InChI is InChI=1S/C16H10ClF4N3O/c17-14-12-6-10(2-3-11(12)15(25)23-22-14)24(16(20)21)7-8-5-9(18)1-4-13(8)19/h1-6,16H,7H2,(H,23,25). The molecule has 25 heavy (non-hydrogen) atoms. The monoisotopic (exact) mass is 371 g/mol. The van der Waals surface area contributed by atoms with Crippen molar-refractivity contribution in [3.05, 3.63) is 69.1 Å². The molecule has 0 amide bonds.